The second kappa shape index (κ2) is 9.04. The summed E-state index contributed by atoms with van der Waals surface area (Å²) in [5.41, 5.74) is 7.48. The van der Waals surface area contributed by atoms with Crippen LogP contribution >= 0.6 is 22.9 Å². The van der Waals surface area contributed by atoms with Crippen molar-refractivity contribution in [3.05, 3.63) is 76.5 Å². The van der Waals surface area contributed by atoms with Crippen LogP contribution in [-0.2, 0) is 13.0 Å². The van der Waals surface area contributed by atoms with Gasteiger partial charge in [-0.3, -0.25) is 4.90 Å². The van der Waals surface area contributed by atoms with E-state index in [9.17, 15) is 0 Å². The van der Waals surface area contributed by atoms with Gasteiger partial charge in [-0.1, -0.05) is 53.3 Å². The highest BCUT2D eigenvalue weighted by Gasteiger charge is 2.27. The minimum absolute atomic E-state index is 0.201. The number of anilines is 1. The van der Waals surface area contributed by atoms with Crippen molar-refractivity contribution in [2.75, 3.05) is 24.5 Å². The van der Waals surface area contributed by atoms with Crippen molar-refractivity contribution in [2.24, 2.45) is 0 Å². The van der Waals surface area contributed by atoms with Crippen LogP contribution in [0.5, 0.6) is 0 Å². The third-order valence-electron chi connectivity index (χ3n) is 5.32. The van der Waals surface area contributed by atoms with Crippen molar-refractivity contribution in [2.45, 2.75) is 25.9 Å². The summed E-state index contributed by atoms with van der Waals surface area (Å²) in [6.07, 6.45) is 2.49. The molecular formula is C24H23ClN4S. The number of thiazole rings is 1. The Morgan fingerprint density at radius 2 is 2.10 bits per heavy atom. The van der Waals surface area contributed by atoms with Gasteiger partial charge in [0.05, 0.1) is 28.7 Å². The molecule has 30 heavy (non-hydrogen) atoms. The Morgan fingerprint density at radius 3 is 2.90 bits per heavy atom. The third kappa shape index (κ3) is 4.59. The first-order chi connectivity index (χ1) is 14.6. The topological polar surface area (TPSA) is 43.2 Å². The van der Waals surface area contributed by atoms with Crippen LogP contribution < -0.4 is 4.90 Å². The molecule has 0 radical (unpaired) electrons. The van der Waals surface area contributed by atoms with Crippen LogP contribution in [-0.4, -0.2) is 35.6 Å². The number of nitrogens with zero attached hydrogens (tertiary/aromatic N) is 4. The number of aryl methyl sites for hydroxylation is 1. The fourth-order valence-electron chi connectivity index (χ4n) is 4.00. The van der Waals surface area contributed by atoms with E-state index in [0.29, 0.717) is 6.42 Å². The first-order valence-electron chi connectivity index (χ1n) is 9.93. The molecule has 0 amide bonds. The van der Waals surface area contributed by atoms with Gasteiger partial charge >= 0.3 is 0 Å². The normalized spacial score (nSPS) is 17.0. The largest absolute Gasteiger partial charge is 0.345 e. The van der Waals surface area contributed by atoms with Gasteiger partial charge in [0, 0.05) is 31.2 Å². The molecule has 1 aliphatic rings. The Morgan fingerprint density at radius 1 is 1.27 bits per heavy atom. The molecule has 0 aliphatic carbocycles. The van der Waals surface area contributed by atoms with Crippen LogP contribution in [0.25, 0.3) is 10.2 Å². The molecular weight excluding hydrogens is 412 g/mol. The standard InChI is InChI=1S/C24H23ClN4S/c1-3-4-21-16-29(24-27-22-6-5-20(25)14-23(22)30-24)10-9-28(21)15-19-12-17(2)11-18(13-19)7-8-26/h4-6,11-14,21H,1,7,9-10,15-16H2,2H3/t21-/m0/s1. The average Bonchev–Trinajstić information content (AvgIpc) is 3.12. The Kier molecular flexibility index (Phi) is 6.22. The number of fused-ring (bicyclic) bond motifs is 1. The van der Waals surface area contributed by atoms with Gasteiger partial charge in [-0.05, 0) is 42.3 Å². The minimum Gasteiger partial charge on any atom is -0.345 e. The first kappa shape index (κ1) is 20.7. The number of hydrogen-bond acceptors (Lipinski definition) is 5. The van der Waals surface area contributed by atoms with Gasteiger partial charge in [-0.2, -0.15) is 5.26 Å². The highest BCUT2D eigenvalue weighted by Crippen LogP contribution is 2.32. The molecule has 1 fully saturated rings. The van der Waals surface area contributed by atoms with E-state index < -0.39 is 0 Å². The molecule has 0 bridgehead atoms. The molecule has 2 heterocycles. The molecule has 0 spiro atoms. The molecule has 1 aliphatic heterocycles. The maximum absolute atomic E-state index is 9.04. The van der Waals surface area contributed by atoms with E-state index in [1.165, 1.54) is 11.1 Å². The zero-order valence-corrected chi connectivity index (χ0v) is 18.5. The molecule has 1 atom stereocenters. The van der Waals surface area contributed by atoms with E-state index in [-0.39, 0.29) is 6.04 Å². The summed E-state index contributed by atoms with van der Waals surface area (Å²) in [6.45, 7) is 9.39. The van der Waals surface area contributed by atoms with Gasteiger partial charge < -0.3 is 4.90 Å². The predicted molar refractivity (Wildman–Crippen MR) is 125 cm³/mol. The quantitative estimate of drug-likeness (QED) is 0.507. The number of rotatable bonds is 5. The Labute approximate surface area is 186 Å². The second-order valence-corrected chi connectivity index (χ2v) is 9.07. The Hall–Kier alpha value is -2.61. The van der Waals surface area contributed by atoms with E-state index in [4.69, 9.17) is 21.8 Å². The van der Waals surface area contributed by atoms with Crippen molar-refractivity contribution in [3.8, 4) is 6.07 Å². The summed E-state index contributed by atoms with van der Waals surface area (Å²) >= 11 is 7.82. The summed E-state index contributed by atoms with van der Waals surface area (Å²) in [5, 5.41) is 10.8. The van der Waals surface area contributed by atoms with E-state index in [2.05, 4.69) is 53.3 Å². The predicted octanol–water partition coefficient (Wildman–Crippen LogP) is 5.36. The van der Waals surface area contributed by atoms with Crippen molar-refractivity contribution >= 4 is 38.3 Å². The van der Waals surface area contributed by atoms with Crippen LogP contribution in [0.15, 0.2) is 54.8 Å². The lowest BCUT2D eigenvalue weighted by Crippen LogP contribution is -2.52. The summed E-state index contributed by atoms with van der Waals surface area (Å²) in [4.78, 5) is 9.60. The number of benzene rings is 2. The molecule has 1 aromatic heterocycles. The molecule has 1 saturated heterocycles. The van der Waals surface area contributed by atoms with Crippen LogP contribution in [0.4, 0.5) is 5.13 Å². The first-order valence-corrected chi connectivity index (χ1v) is 11.1. The summed E-state index contributed by atoms with van der Waals surface area (Å²) in [6, 6.07) is 14.7. The van der Waals surface area contributed by atoms with Crippen LogP contribution in [0.2, 0.25) is 5.02 Å². The van der Waals surface area contributed by atoms with Crippen molar-refractivity contribution in [3.63, 3.8) is 0 Å². The monoisotopic (exact) mass is 434 g/mol. The highest BCUT2D eigenvalue weighted by molar-refractivity contribution is 7.22. The highest BCUT2D eigenvalue weighted by atomic mass is 35.5. The lowest BCUT2D eigenvalue weighted by molar-refractivity contribution is 0.200. The average molecular weight is 435 g/mol. The van der Waals surface area contributed by atoms with Gasteiger partial charge in [-0.25, -0.2) is 4.98 Å². The van der Waals surface area contributed by atoms with Crippen molar-refractivity contribution < 1.29 is 0 Å². The molecule has 2 aromatic carbocycles. The zero-order valence-electron chi connectivity index (χ0n) is 16.9. The summed E-state index contributed by atoms with van der Waals surface area (Å²) < 4.78 is 1.11. The fourth-order valence-corrected chi connectivity index (χ4v) is 5.28. The van der Waals surface area contributed by atoms with E-state index >= 15 is 0 Å². The van der Waals surface area contributed by atoms with E-state index in [0.717, 1.165) is 52.1 Å². The summed E-state index contributed by atoms with van der Waals surface area (Å²) in [5.74, 6) is 0. The lowest BCUT2D eigenvalue weighted by atomic mass is 10.0. The smallest absolute Gasteiger partial charge is 0.186 e. The third-order valence-corrected chi connectivity index (χ3v) is 6.63. The fraction of sp³-hybridized carbons (Fsp3) is 0.292. The number of nitriles is 1. The van der Waals surface area contributed by atoms with Crippen molar-refractivity contribution in [1.29, 1.82) is 5.26 Å². The lowest BCUT2D eigenvalue weighted by Gasteiger charge is -2.40. The SMILES string of the molecule is C=C=C[C@H]1CN(c2nc3ccc(Cl)cc3s2)CCN1Cc1cc(C)cc(CC#N)c1. The van der Waals surface area contributed by atoms with Crippen LogP contribution in [0.3, 0.4) is 0 Å². The van der Waals surface area contributed by atoms with Gasteiger partial charge in [0.1, 0.15) is 0 Å². The maximum Gasteiger partial charge on any atom is 0.186 e. The van der Waals surface area contributed by atoms with E-state index in [1.54, 1.807) is 11.3 Å². The van der Waals surface area contributed by atoms with Crippen molar-refractivity contribution in [1.82, 2.24) is 9.88 Å². The molecule has 0 N–H and O–H groups in total. The van der Waals surface area contributed by atoms with Gasteiger partial charge in [0.15, 0.2) is 5.13 Å². The van der Waals surface area contributed by atoms with Crippen LogP contribution in [0.1, 0.15) is 16.7 Å². The zero-order chi connectivity index (χ0) is 21.1. The Bertz CT molecular complexity index is 1160. The molecule has 152 valence electrons. The molecule has 0 unspecified atom stereocenters. The van der Waals surface area contributed by atoms with Gasteiger partial charge in [-0.15, -0.1) is 5.73 Å². The Balaban J connectivity index is 1.53. The number of hydrogen-bond donors (Lipinski definition) is 0. The molecule has 4 rings (SSSR count). The van der Waals surface area contributed by atoms with Gasteiger partial charge in [0.2, 0.25) is 0 Å². The van der Waals surface area contributed by atoms with E-state index in [1.807, 2.05) is 24.3 Å². The number of halogens is 1. The number of aromatic nitrogens is 1. The summed E-state index contributed by atoms with van der Waals surface area (Å²) in [7, 11) is 0. The minimum atomic E-state index is 0.201. The molecule has 0 saturated carbocycles. The number of piperazine rings is 1. The maximum atomic E-state index is 9.04. The molecule has 3 aromatic rings. The molecule has 4 nitrogen and oxygen atoms in total. The second-order valence-electron chi connectivity index (χ2n) is 7.62. The van der Waals surface area contributed by atoms with Gasteiger partial charge in [0.25, 0.3) is 0 Å². The van der Waals surface area contributed by atoms with Crippen LogP contribution in [0, 0.1) is 18.3 Å². The molecule has 6 heteroatoms.